The first-order valence-corrected chi connectivity index (χ1v) is 9.21. The van der Waals surface area contributed by atoms with Gasteiger partial charge in [-0.05, 0) is 35.8 Å². The Morgan fingerprint density at radius 3 is 2.29 bits per heavy atom. The van der Waals surface area contributed by atoms with Crippen LogP contribution in [-0.4, -0.2) is 6.61 Å². The molecule has 3 heteroatoms. The highest BCUT2D eigenvalue weighted by molar-refractivity contribution is 6.32. The van der Waals surface area contributed by atoms with E-state index < -0.39 is 0 Å². The lowest BCUT2D eigenvalue weighted by molar-refractivity contribution is 0.348. The molecular weight excluding hydrogens is 323 g/mol. The number of halogens is 2. The molecule has 0 radical (unpaired) electrons. The van der Waals surface area contributed by atoms with E-state index >= 15 is 0 Å². The van der Waals surface area contributed by atoms with E-state index in [1.165, 1.54) is 31.2 Å². The van der Waals surface area contributed by atoms with Gasteiger partial charge in [-0.1, -0.05) is 67.8 Å². The van der Waals surface area contributed by atoms with Gasteiger partial charge in [0.15, 0.2) is 0 Å². The van der Waals surface area contributed by atoms with Crippen LogP contribution in [0.25, 0.3) is 11.1 Å². The van der Waals surface area contributed by atoms with Gasteiger partial charge in [0.05, 0.1) is 11.6 Å². The zero-order chi connectivity index (χ0) is 16.7. The molecule has 0 spiro atoms. The molecular formula is C21H22ClFO. The molecule has 1 saturated carbocycles. The summed E-state index contributed by atoms with van der Waals surface area (Å²) in [6, 6.07) is 12.1. The third-order valence-electron chi connectivity index (χ3n) is 5.50. The average Bonchev–Trinajstić information content (AvgIpc) is 3.43. The van der Waals surface area contributed by atoms with Gasteiger partial charge in [-0.3, -0.25) is 0 Å². The quantitative estimate of drug-likeness (QED) is 0.578. The fourth-order valence-corrected chi connectivity index (χ4v) is 4.08. The Bertz CT molecular complexity index is 728. The van der Waals surface area contributed by atoms with Crippen LogP contribution in [0.5, 0.6) is 0 Å². The van der Waals surface area contributed by atoms with Crippen molar-refractivity contribution in [2.75, 3.05) is 6.61 Å². The number of hydrogen-bond acceptors (Lipinski definition) is 1. The molecule has 2 aromatic rings. The number of benzene rings is 2. The SMILES string of the molecule is CC1CCC(c2ccc(-c3ccc(C4CO4)c(Cl)c3F)cc2)CC1. The molecule has 1 aliphatic heterocycles. The van der Waals surface area contributed by atoms with E-state index in [0.717, 1.165) is 17.0 Å². The van der Waals surface area contributed by atoms with Gasteiger partial charge in [0.2, 0.25) is 0 Å². The summed E-state index contributed by atoms with van der Waals surface area (Å²) in [5.41, 5.74) is 3.57. The van der Waals surface area contributed by atoms with Crippen molar-refractivity contribution in [3.63, 3.8) is 0 Å². The van der Waals surface area contributed by atoms with Crippen molar-refractivity contribution in [1.29, 1.82) is 0 Å². The standard InChI is InChI=1S/C21H22ClFO/c1-13-2-4-14(5-3-13)15-6-8-16(9-7-15)17-10-11-18(19-12-24-19)20(22)21(17)23/h6-11,13-14,19H,2-5,12H2,1H3. The molecule has 1 aliphatic carbocycles. The molecule has 1 saturated heterocycles. The third-order valence-corrected chi connectivity index (χ3v) is 5.89. The highest BCUT2D eigenvalue weighted by Crippen LogP contribution is 2.40. The topological polar surface area (TPSA) is 12.5 Å². The van der Waals surface area contributed by atoms with Crippen molar-refractivity contribution in [3.8, 4) is 11.1 Å². The minimum atomic E-state index is -0.344. The van der Waals surface area contributed by atoms with Crippen LogP contribution >= 0.6 is 11.6 Å². The van der Waals surface area contributed by atoms with E-state index in [1.54, 1.807) is 0 Å². The molecule has 24 heavy (non-hydrogen) atoms. The van der Waals surface area contributed by atoms with Crippen LogP contribution in [0.3, 0.4) is 0 Å². The molecule has 1 nitrogen and oxygen atoms in total. The summed E-state index contributed by atoms with van der Waals surface area (Å²) in [6.45, 7) is 2.97. The largest absolute Gasteiger partial charge is 0.368 e. The molecule has 0 N–H and O–H groups in total. The fraction of sp³-hybridized carbons (Fsp3) is 0.429. The van der Waals surface area contributed by atoms with Gasteiger partial charge in [-0.25, -0.2) is 4.39 Å². The number of ether oxygens (including phenoxy) is 1. The van der Waals surface area contributed by atoms with Crippen LogP contribution in [0, 0.1) is 11.7 Å². The van der Waals surface area contributed by atoms with Crippen molar-refractivity contribution >= 4 is 11.6 Å². The van der Waals surface area contributed by atoms with E-state index in [-0.39, 0.29) is 16.9 Å². The van der Waals surface area contributed by atoms with E-state index in [9.17, 15) is 4.39 Å². The maximum atomic E-state index is 14.6. The van der Waals surface area contributed by atoms with Crippen LogP contribution in [-0.2, 0) is 4.74 Å². The molecule has 1 atom stereocenters. The lowest BCUT2D eigenvalue weighted by Gasteiger charge is -2.26. The van der Waals surface area contributed by atoms with Crippen LogP contribution in [0.4, 0.5) is 4.39 Å². The third kappa shape index (κ3) is 3.10. The molecule has 4 rings (SSSR count). The van der Waals surface area contributed by atoms with Gasteiger partial charge in [0.25, 0.3) is 0 Å². The zero-order valence-corrected chi connectivity index (χ0v) is 14.7. The summed E-state index contributed by atoms with van der Waals surface area (Å²) in [4.78, 5) is 0. The van der Waals surface area contributed by atoms with Gasteiger partial charge in [-0.2, -0.15) is 0 Å². The summed E-state index contributed by atoms with van der Waals surface area (Å²) in [5.74, 6) is 1.16. The highest BCUT2D eigenvalue weighted by Gasteiger charge is 2.29. The first kappa shape index (κ1) is 16.1. The van der Waals surface area contributed by atoms with Gasteiger partial charge in [0.1, 0.15) is 11.9 Å². The van der Waals surface area contributed by atoms with Crippen LogP contribution in [0.1, 0.15) is 55.8 Å². The summed E-state index contributed by atoms with van der Waals surface area (Å²) in [5, 5.41) is 0.195. The maximum Gasteiger partial charge on any atom is 0.149 e. The Morgan fingerprint density at radius 2 is 1.67 bits per heavy atom. The van der Waals surface area contributed by atoms with E-state index in [2.05, 4.69) is 19.1 Å². The summed E-state index contributed by atoms with van der Waals surface area (Å²) in [6.07, 6.45) is 5.10. The smallest absolute Gasteiger partial charge is 0.149 e. The summed E-state index contributed by atoms with van der Waals surface area (Å²) >= 11 is 6.19. The molecule has 1 unspecified atom stereocenters. The number of epoxide rings is 1. The van der Waals surface area contributed by atoms with Crippen molar-refractivity contribution in [2.24, 2.45) is 5.92 Å². The zero-order valence-electron chi connectivity index (χ0n) is 13.9. The molecule has 2 fully saturated rings. The van der Waals surface area contributed by atoms with Crippen molar-refractivity contribution in [2.45, 2.75) is 44.6 Å². The van der Waals surface area contributed by atoms with Gasteiger partial charge >= 0.3 is 0 Å². The normalized spacial score (nSPS) is 26.4. The first-order chi connectivity index (χ1) is 11.6. The van der Waals surface area contributed by atoms with Crippen LogP contribution in [0.2, 0.25) is 5.02 Å². The second kappa shape index (κ2) is 6.50. The van der Waals surface area contributed by atoms with Crippen molar-refractivity contribution in [3.05, 3.63) is 58.4 Å². The number of hydrogen-bond donors (Lipinski definition) is 0. The van der Waals surface area contributed by atoms with Crippen LogP contribution < -0.4 is 0 Å². The molecule has 0 bridgehead atoms. The molecule has 1 heterocycles. The second-order valence-corrected chi connectivity index (χ2v) is 7.61. The predicted octanol–water partition coefficient (Wildman–Crippen LogP) is 6.51. The Kier molecular flexibility index (Phi) is 4.36. The average molecular weight is 345 g/mol. The monoisotopic (exact) mass is 344 g/mol. The highest BCUT2D eigenvalue weighted by atomic mass is 35.5. The Labute approximate surface area is 147 Å². The van der Waals surface area contributed by atoms with E-state index in [4.69, 9.17) is 16.3 Å². The minimum Gasteiger partial charge on any atom is -0.368 e. The lowest BCUT2D eigenvalue weighted by atomic mass is 9.79. The molecule has 0 aromatic heterocycles. The second-order valence-electron chi connectivity index (χ2n) is 7.23. The fourth-order valence-electron chi connectivity index (χ4n) is 3.79. The number of rotatable bonds is 3. The Balaban J connectivity index is 1.58. The Hall–Kier alpha value is -1.38. The van der Waals surface area contributed by atoms with Gasteiger partial charge < -0.3 is 4.74 Å². The van der Waals surface area contributed by atoms with Crippen molar-refractivity contribution < 1.29 is 9.13 Å². The molecule has 2 aromatic carbocycles. The van der Waals surface area contributed by atoms with E-state index in [0.29, 0.717) is 18.1 Å². The van der Waals surface area contributed by atoms with Gasteiger partial charge in [0, 0.05) is 11.1 Å². The molecule has 0 amide bonds. The Morgan fingerprint density at radius 1 is 1.00 bits per heavy atom. The maximum absolute atomic E-state index is 14.6. The van der Waals surface area contributed by atoms with Crippen LogP contribution in [0.15, 0.2) is 36.4 Å². The van der Waals surface area contributed by atoms with E-state index in [1.807, 2.05) is 24.3 Å². The lowest BCUT2D eigenvalue weighted by Crippen LogP contribution is -2.10. The molecule has 126 valence electrons. The predicted molar refractivity (Wildman–Crippen MR) is 95.9 cm³/mol. The first-order valence-electron chi connectivity index (χ1n) is 8.83. The summed E-state index contributed by atoms with van der Waals surface area (Å²) in [7, 11) is 0. The van der Waals surface area contributed by atoms with Gasteiger partial charge in [-0.15, -0.1) is 0 Å². The van der Waals surface area contributed by atoms with Crippen molar-refractivity contribution in [1.82, 2.24) is 0 Å². The minimum absolute atomic E-state index is 0.0304. The summed E-state index contributed by atoms with van der Waals surface area (Å²) < 4.78 is 19.9. The molecule has 2 aliphatic rings.